The lowest BCUT2D eigenvalue weighted by Gasteiger charge is -2.12. The van der Waals surface area contributed by atoms with Gasteiger partial charge in [0.15, 0.2) is 0 Å². The summed E-state index contributed by atoms with van der Waals surface area (Å²) >= 11 is 3.44. The highest BCUT2D eigenvalue weighted by Crippen LogP contribution is 2.25. The number of aromatic nitrogens is 3. The van der Waals surface area contributed by atoms with Crippen molar-refractivity contribution in [3.05, 3.63) is 58.7 Å². The fourth-order valence-corrected chi connectivity index (χ4v) is 2.77. The van der Waals surface area contributed by atoms with Crippen molar-refractivity contribution in [2.75, 3.05) is 17.2 Å². The molecule has 2 heterocycles. The number of carboxylic acid groups (broad SMARTS) is 1. The highest BCUT2D eigenvalue weighted by Gasteiger charge is 2.10. The minimum atomic E-state index is -0.991. The summed E-state index contributed by atoms with van der Waals surface area (Å²) in [5, 5.41) is 14.8. The molecule has 0 bridgehead atoms. The van der Waals surface area contributed by atoms with Crippen LogP contribution in [0.4, 0.5) is 17.5 Å². The van der Waals surface area contributed by atoms with Crippen LogP contribution in [0, 0.1) is 6.92 Å². The lowest BCUT2D eigenvalue weighted by atomic mass is 10.2. The molecule has 0 aliphatic rings. The van der Waals surface area contributed by atoms with Gasteiger partial charge in [0.1, 0.15) is 12.4 Å². The molecule has 3 aromatic rings. The number of nitrogens with zero attached hydrogens (tertiary/aromatic N) is 3. The van der Waals surface area contributed by atoms with Crippen molar-refractivity contribution in [1.82, 2.24) is 15.0 Å². The number of pyridine rings is 1. The average Bonchev–Trinajstić information content (AvgIpc) is 2.63. The van der Waals surface area contributed by atoms with E-state index in [2.05, 4.69) is 41.5 Å². The van der Waals surface area contributed by atoms with Gasteiger partial charge in [0.25, 0.3) is 0 Å². The molecule has 0 amide bonds. The van der Waals surface area contributed by atoms with E-state index in [1.54, 1.807) is 12.3 Å². The second-order valence-corrected chi connectivity index (χ2v) is 6.42. The molecule has 0 atom stereocenters. The molecule has 3 N–H and O–H groups in total. The third kappa shape index (κ3) is 4.54. The Bertz CT molecular complexity index is 934. The number of anilines is 3. The van der Waals surface area contributed by atoms with E-state index in [0.717, 1.165) is 15.7 Å². The normalized spacial score (nSPS) is 10.4. The van der Waals surface area contributed by atoms with Gasteiger partial charge in [-0.1, -0.05) is 22.0 Å². The van der Waals surface area contributed by atoms with Crippen LogP contribution < -0.4 is 10.6 Å². The van der Waals surface area contributed by atoms with E-state index in [1.807, 2.05) is 43.3 Å². The molecule has 2 aromatic heterocycles. The van der Waals surface area contributed by atoms with Gasteiger partial charge < -0.3 is 15.7 Å². The predicted octanol–water partition coefficient (Wildman–Crippen LogP) is 3.85. The predicted molar refractivity (Wildman–Crippen MR) is 104 cm³/mol. The first-order chi connectivity index (χ1) is 12.5. The van der Waals surface area contributed by atoms with Crippen LogP contribution in [0.5, 0.6) is 0 Å². The highest BCUT2D eigenvalue weighted by molar-refractivity contribution is 9.10. The number of halogens is 1. The molecule has 0 saturated heterocycles. The Morgan fingerprint density at radius 1 is 1.15 bits per heavy atom. The van der Waals surface area contributed by atoms with Crippen LogP contribution in [0.3, 0.4) is 0 Å². The minimum Gasteiger partial charge on any atom is -0.480 e. The number of nitrogens with one attached hydrogen (secondary N) is 2. The molecule has 8 heteroatoms. The van der Waals surface area contributed by atoms with Gasteiger partial charge in [0.05, 0.1) is 11.4 Å². The maximum absolute atomic E-state index is 10.8. The fourth-order valence-electron chi connectivity index (χ4n) is 2.30. The minimum absolute atomic E-state index is 0.216. The summed E-state index contributed by atoms with van der Waals surface area (Å²) in [6.45, 7) is 1.71. The summed E-state index contributed by atoms with van der Waals surface area (Å²) in [7, 11) is 0. The molecule has 7 nitrogen and oxygen atoms in total. The number of rotatable bonds is 6. The van der Waals surface area contributed by atoms with Crippen LogP contribution in [0.2, 0.25) is 0 Å². The Morgan fingerprint density at radius 3 is 2.69 bits per heavy atom. The summed E-state index contributed by atoms with van der Waals surface area (Å²) in [5.41, 5.74) is 3.19. The van der Waals surface area contributed by atoms with Crippen molar-refractivity contribution in [2.45, 2.75) is 6.92 Å². The average molecular weight is 414 g/mol. The van der Waals surface area contributed by atoms with Crippen molar-refractivity contribution in [2.24, 2.45) is 0 Å². The maximum Gasteiger partial charge on any atom is 0.322 e. The summed E-state index contributed by atoms with van der Waals surface area (Å²) in [4.78, 5) is 23.8. The Balaban J connectivity index is 1.97. The molecular weight excluding hydrogens is 398 g/mol. The number of carboxylic acids is 1. The lowest BCUT2D eigenvalue weighted by Crippen LogP contribution is -2.15. The third-order valence-corrected chi connectivity index (χ3v) is 4.00. The molecule has 1 aromatic carbocycles. The Labute approximate surface area is 158 Å². The van der Waals surface area contributed by atoms with Gasteiger partial charge >= 0.3 is 5.97 Å². The zero-order valence-corrected chi connectivity index (χ0v) is 15.5. The largest absolute Gasteiger partial charge is 0.480 e. The molecule has 0 saturated carbocycles. The summed E-state index contributed by atoms with van der Waals surface area (Å²) in [5.74, 6) is -0.234. The van der Waals surface area contributed by atoms with E-state index in [-0.39, 0.29) is 12.5 Å². The lowest BCUT2D eigenvalue weighted by molar-refractivity contribution is -0.134. The number of aliphatic carboxylic acids is 1. The van der Waals surface area contributed by atoms with Crippen LogP contribution in [0.25, 0.3) is 11.4 Å². The summed E-state index contributed by atoms with van der Waals surface area (Å²) in [6, 6.07) is 13.1. The maximum atomic E-state index is 10.8. The van der Waals surface area contributed by atoms with Gasteiger partial charge in [-0.3, -0.25) is 9.78 Å². The second kappa shape index (κ2) is 7.92. The Kier molecular flexibility index (Phi) is 5.43. The third-order valence-electron chi connectivity index (χ3n) is 3.50. The molecule has 0 fully saturated rings. The van der Waals surface area contributed by atoms with E-state index in [9.17, 15) is 4.79 Å². The number of hydrogen-bond donors (Lipinski definition) is 3. The molecule has 132 valence electrons. The van der Waals surface area contributed by atoms with E-state index in [0.29, 0.717) is 17.2 Å². The van der Waals surface area contributed by atoms with Crippen molar-refractivity contribution < 1.29 is 9.90 Å². The van der Waals surface area contributed by atoms with Gasteiger partial charge in [-0.2, -0.15) is 4.98 Å². The first kappa shape index (κ1) is 17.8. The first-order valence-corrected chi connectivity index (χ1v) is 8.60. The van der Waals surface area contributed by atoms with Gasteiger partial charge in [0, 0.05) is 22.4 Å². The molecular formula is C18H16BrN5O2. The molecule has 0 radical (unpaired) electrons. The topological polar surface area (TPSA) is 100 Å². The van der Waals surface area contributed by atoms with Crippen LogP contribution in [-0.4, -0.2) is 32.6 Å². The second-order valence-electron chi connectivity index (χ2n) is 5.51. The Morgan fingerprint density at radius 2 is 2.00 bits per heavy atom. The van der Waals surface area contributed by atoms with Crippen molar-refractivity contribution in [3.8, 4) is 11.4 Å². The number of aryl methyl sites for hydroxylation is 1. The van der Waals surface area contributed by atoms with Crippen molar-refractivity contribution in [1.29, 1.82) is 0 Å². The van der Waals surface area contributed by atoms with Gasteiger partial charge in [0.2, 0.25) is 5.95 Å². The standard InChI is InChI=1S/C18H16BrN5O2/c1-11-8-12(19)5-6-13(11)22-16-9-15(14-4-2-3-7-20-14)23-18(24-16)21-10-17(25)26/h2-9H,10H2,1H3,(H,25,26)(H2,21,22,23,24). The van der Waals surface area contributed by atoms with Gasteiger partial charge in [-0.25, -0.2) is 4.98 Å². The number of benzene rings is 1. The van der Waals surface area contributed by atoms with Crippen LogP contribution in [0.1, 0.15) is 5.56 Å². The van der Waals surface area contributed by atoms with Crippen molar-refractivity contribution in [3.63, 3.8) is 0 Å². The fraction of sp³-hybridized carbons (Fsp3) is 0.111. The number of hydrogen-bond acceptors (Lipinski definition) is 6. The molecule has 3 rings (SSSR count). The highest BCUT2D eigenvalue weighted by atomic mass is 79.9. The molecule has 0 unspecified atom stereocenters. The van der Waals surface area contributed by atoms with E-state index < -0.39 is 5.97 Å². The number of carbonyl (C=O) groups is 1. The molecule has 0 aliphatic carbocycles. The molecule has 0 aliphatic heterocycles. The molecule has 0 spiro atoms. The summed E-state index contributed by atoms with van der Waals surface area (Å²) < 4.78 is 0.987. The van der Waals surface area contributed by atoms with Gasteiger partial charge in [-0.05, 0) is 42.8 Å². The monoisotopic (exact) mass is 413 g/mol. The quantitative estimate of drug-likeness (QED) is 0.563. The summed E-state index contributed by atoms with van der Waals surface area (Å²) in [6.07, 6.45) is 1.67. The zero-order chi connectivity index (χ0) is 18.5. The first-order valence-electron chi connectivity index (χ1n) is 7.80. The van der Waals surface area contributed by atoms with E-state index in [1.165, 1.54) is 0 Å². The SMILES string of the molecule is Cc1cc(Br)ccc1Nc1cc(-c2ccccn2)nc(NCC(=O)O)n1. The Hall–Kier alpha value is -3.00. The van der Waals surface area contributed by atoms with Gasteiger partial charge in [-0.15, -0.1) is 0 Å². The van der Waals surface area contributed by atoms with E-state index in [4.69, 9.17) is 5.11 Å². The smallest absolute Gasteiger partial charge is 0.322 e. The van der Waals surface area contributed by atoms with Crippen LogP contribution in [-0.2, 0) is 4.79 Å². The van der Waals surface area contributed by atoms with Crippen molar-refractivity contribution >= 4 is 39.4 Å². The van der Waals surface area contributed by atoms with Crippen LogP contribution in [0.15, 0.2) is 53.1 Å². The zero-order valence-electron chi connectivity index (χ0n) is 13.9. The van der Waals surface area contributed by atoms with E-state index >= 15 is 0 Å². The van der Waals surface area contributed by atoms with Crippen LogP contribution >= 0.6 is 15.9 Å². The molecule has 26 heavy (non-hydrogen) atoms.